The van der Waals surface area contributed by atoms with Gasteiger partial charge in [0, 0.05) is 24.2 Å². The van der Waals surface area contributed by atoms with E-state index in [0.29, 0.717) is 35.3 Å². The molecular weight excluding hydrogens is 462 g/mol. The number of ether oxygens (including phenoxy) is 3. The number of carbonyl (C=O) groups is 1. The molecule has 0 saturated carbocycles. The van der Waals surface area contributed by atoms with Gasteiger partial charge in [0.05, 0.1) is 16.8 Å². The zero-order valence-corrected chi connectivity index (χ0v) is 20.8. The smallest absolute Gasteiger partial charge is 0.260 e. The Morgan fingerprint density at radius 1 is 1.12 bits per heavy atom. The number of rotatable bonds is 10. The van der Waals surface area contributed by atoms with Crippen LogP contribution >= 0.6 is 23.7 Å². The van der Waals surface area contributed by atoms with Crippen molar-refractivity contribution < 1.29 is 19.0 Å². The molecule has 33 heavy (non-hydrogen) atoms. The summed E-state index contributed by atoms with van der Waals surface area (Å²) in [5.74, 6) is 2.04. The summed E-state index contributed by atoms with van der Waals surface area (Å²) in [6.07, 6.45) is 2.89. The lowest BCUT2D eigenvalue weighted by atomic mass is 10.2. The first-order valence-electron chi connectivity index (χ1n) is 10.9. The average Bonchev–Trinajstić information content (AvgIpc) is 3.40. The molecule has 0 fully saturated rings. The number of fused-ring (bicyclic) bond motifs is 2. The number of thiazole rings is 1. The molecule has 0 spiro atoms. The normalized spacial score (nSPS) is 12.1. The SMILES string of the molecule is CCCCOc1cccc(C(=O)N(CCCN(C)C)c2nc3cc4c(cc3s2)OCO4)c1.Cl. The van der Waals surface area contributed by atoms with Crippen LogP contribution < -0.4 is 19.1 Å². The highest BCUT2D eigenvalue weighted by atomic mass is 35.5. The maximum absolute atomic E-state index is 13.6. The van der Waals surface area contributed by atoms with Gasteiger partial charge in [-0.1, -0.05) is 30.7 Å². The summed E-state index contributed by atoms with van der Waals surface area (Å²) in [4.78, 5) is 22.2. The maximum atomic E-state index is 13.6. The molecule has 1 amide bonds. The van der Waals surface area contributed by atoms with E-state index in [1.54, 1.807) is 4.90 Å². The van der Waals surface area contributed by atoms with Crippen LogP contribution in [0.4, 0.5) is 5.13 Å². The lowest BCUT2D eigenvalue weighted by molar-refractivity contribution is 0.0985. The molecule has 0 saturated heterocycles. The van der Waals surface area contributed by atoms with Crippen LogP contribution in [0.1, 0.15) is 36.5 Å². The van der Waals surface area contributed by atoms with Crippen molar-refractivity contribution in [1.82, 2.24) is 9.88 Å². The Balaban J connectivity index is 0.00000306. The Kier molecular flexibility index (Phi) is 8.77. The quantitative estimate of drug-likeness (QED) is 0.362. The lowest BCUT2D eigenvalue weighted by Gasteiger charge is -2.21. The Labute approximate surface area is 204 Å². The molecule has 0 radical (unpaired) electrons. The van der Waals surface area contributed by atoms with Gasteiger partial charge in [-0.3, -0.25) is 9.69 Å². The number of aromatic nitrogens is 1. The van der Waals surface area contributed by atoms with E-state index < -0.39 is 0 Å². The van der Waals surface area contributed by atoms with Crippen LogP contribution in [0.3, 0.4) is 0 Å². The lowest BCUT2D eigenvalue weighted by Crippen LogP contribution is -2.33. The molecule has 0 bridgehead atoms. The number of hydrogen-bond acceptors (Lipinski definition) is 7. The predicted octanol–water partition coefficient (Wildman–Crippen LogP) is 5.22. The molecule has 0 unspecified atom stereocenters. The number of carbonyl (C=O) groups excluding carboxylic acids is 1. The molecule has 3 aromatic rings. The summed E-state index contributed by atoms with van der Waals surface area (Å²) >= 11 is 1.49. The van der Waals surface area contributed by atoms with Gasteiger partial charge in [-0.05, 0) is 51.7 Å². The molecule has 9 heteroatoms. The topological polar surface area (TPSA) is 64.1 Å². The molecule has 178 valence electrons. The Morgan fingerprint density at radius 3 is 2.67 bits per heavy atom. The van der Waals surface area contributed by atoms with Crippen molar-refractivity contribution >= 4 is 45.0 Å². The third-order valence-corrected chi connectivity index (χ3v) is 6.22. The van der Waals surface area contributed by atoms with Crippen molar-refractivity contribution in [3.63, 3.8) is 0 Å². The van der Waals surface area contributed by atoms with Gasteiger partial charge >= 0.3 is 0 Å². The first-order valence-corrected chi connectivity index (χ1v) is 11.8. The largest absolute Gasteiger partial charge is 0.494 e. The fraction of sp³-hybridized carbons (Fsp3) is 0.417. The number of halogens is 1. The Hall–Kier alpha value is -2.55. The van der Waals surface area contributed by atoms with E-state index in [2.05, 4.69) is 11.8 Å². The molecule has 0 N–H and O–H groups in total. The molecule has 1 aromatic heterocycles. The van der Waals surface area contributed by atoms with Crippen LogP contribution in [0.5, 0.6) is 17.2 Å². The van der Waals surface area contributed by atoms with Gasteiger partial charge in [0.25, 0.3) is 5.91 Å². The van der Waals surface area contributed by atoms with Gasteiger partial charge in [0.15, 0.2) is 16.6 Å². The molecule has 2 heterocycles. The van der Waals surface area contributed by atoms with E-state index >= 15 is 0 Å². The van der Waals surface area contributed by atoms with E-state index in [-0.39, 0.29) is 25.1 Å². The summed E-state index contributed by atoms with van der Waals surface area (Å²) in [5.41, 5.74) is 1.40. The highest BCUT2D eigenvalue weighted by Gasteiger charge is 2.23. The molecule has 0 aliphatic carbocycles. The second kappa shape index (κ2) is 11.5. The maximum Gasteiger partial charge on any atom is 0.260 e. The minimum Gasteiger partial charge on any atom is -0.494 e. The standard InChI is InChI=1S/C24H29N3O4S.ClH/c1-4-5-12-29-18-9-6-8-17(13-18)23(28)27(11-7-10-26(2)3)24-25-19-14-20-21(31-16-30-20)15-22(19)32-24;/h6,8-9,13-15H,4-5,7,10-12,16H2,1-3H3;1H. The Bertz CT molecular complexity index is 1050. The third-order valence-electron chi connectivity index (χ3n) is 5.18. The zero-order valence-electron chi connectivity index (χ0n) is 19.2. The number of unbranched alkanes of at least 4 members (excludes halogenated alkanes) is 1. The molecule has 4 rings (SSSR count). The van der Waals surface area contributed by atoms with E-state index in [0.717, 1.165) is 41.8 Å². The molecular formula is C24H30ClN3O4S. The van der Waals surface area contributed by atoms with Gasteiger partial charge in [-0.15, -0.1) is 12.4 Å². The number of nitrogens with zero attached hydrogens (tertiary/aromatic N) is 3. The molecule has 2 aromatic carbocycles. The Morgan fingerprint density at radius 2 is 1.91 bits per heavy atom. The van der Waals surface area contributed by atoms with Crippen LogP contribution in [0.25, 0.3) is 10.2 Å². The van der Waals surface area contributed by atoms with Crippen LogP contribution in [0.2, 0.25) is 0 Å². The third kappa shape index (κ3) is 6.07. The molecule has 7 nitrogen and oxygen atoms in total. The van der Waals surface area contributed by atoms with Crippen LogP contribution in [0, 0.1) is 0 Å². The minimum absolute atomic E-state index is 0. The summed E-state index contributed by atoms with van der Waals surface area (Å²) in [6.45, 7) is 4.45. The summed E-state index contributed by atoms with van der Waals surface area (Å²) in [7, 11) is 4.06. The molecule has 0 atom stereocenters. The monoisotopic (exact) mass is 491 g/mol. The fourth-order valence-corrected chi connectivity index (χ4v) is 4.46. The minimum atomic E-state index is -0.0798. The first kappa shape index (κ1) is 25.1. The number of benzene rings is 2. The predicted molar refractivity (Wildman–Crippen MR) is 135 cm³/mol. The number of anilines is 1. The van der Waals surface area contributed by atoms with Gasteiger partial charge in [-0.2, -0.15) is 0 Å². The van der Waals surface area contributed by atoms with E-state index in [1.807, 2.05) is 50.5 Å². The highest BCUT2D eigenvalue weighted by Crippen LogP contribution is 2.40. The number of hydrogen-bond donors (Lipinski definition) is 0. The summed E-state index contributed by atoms with van der Waals surface area (Å²) in [6, 6.07) is 11.2. The van der Waals surface area contributed by atoms with E-state index in [9.17, 15) is 4.79 Å². The average molecular weight is 492 g/mol. The molecule has 1 aliphatic heterocycles. The second-order valence-electron chi connectivity index (χ2n) is 8.01. The summed E-state index contributed by atoms with van der Waals surface area (Å²) < 4.78 is 17.7. The van der Waals surface area contributed by atoms with Crippen molar-refractivity contribution in [2.75, 3.05) is 45.5 Å². The highest BCUT2D eigenvalue weighted by molar-refractivity contribution is 7.22. The van der Waals surface area contributed by atoms with Gasteiger partial charge in [0.1, 0.15) is 5.75 Å². The van der Waals surface area contributed by atoms with Gasteiger partial charge in [0.2, 0.25) is 6.79 Å². The van der Waals surface area contributed by atoms with Crippen molar-refractivity contribution in [2.24, 2.45) is 0 Å². The van der Waals surface area contributed by atoms with Crippen LogP contribution in [-0.4, -0.2) is 56.4 Å². The van der Waals surface area contributed by atoms with Gasteiger partial charge < -0.3 is 19.1 Å². The van der Waals surface area contributed by atoms with Crippen LogP contribution in [-0.2, 0) is 0 Å². The van der Waals surface area contributed by atoms with Crippen molar-refractivity contribution in [3.05, 3.63) is 42.0 Å². The second-order valence-corrected chi connectivity index (χ2v) is 9.02. The van der Waals surface area contributed by atoms with Crippen LogP contribution in [0.15, 0.2) is 36.4 Å². The van der Waals surface area contributed by atoms with Gasteiger partial charge in [-0.25, -0.2) is 4.98 Å². The molecule has 1 aliphatic rings. The van der Waals surface area contributed by atoms with Crippen molar-refractivity contribution in [3.8, 4) is 17.2 Å². The van der Waals surface area contributed by atoms with E-state index in [4.69, 9.17) is 19.2 Å². The van der Waals surface area contributed by atoms with E-state index in [1.165, 1.54) is 11.3 Å². The fourth-order valence-electron chi connectivity index (χ4n) is 3.46. The number of amides is 1. The van der Waals surface area contributed by atoms with Crippen molar-refractivity contribution in [2.45, 2.75) is 26.2 Å². The summed E-state index contributed by atoms with van der Waals surface area (Å²) in [5, 5.41) is 0.671. The zero-order chi connectivity index (χ0) is 22.5. The first-order chi connectivity index (χ1) is 15.5. The van der Waals surface area contributed by atoms with Crippen molar-refractivity contribution in [1.29, 1.82) is 0 Å².